The van der Waals surface area contributed by atoms with Crippen LogP contribution in [0.1, 0.15) is 22.8 Å². The lowest BCUT2D eigenvalue weighted by Crippen LogP contribution is -2.19. The second-order valence-corrected chi connectivity index (χ2v) is 5.65. The van der Waals surface area contributed by atoms with Crippen molar-refractivity contribution in [3.63, 3.8) is 0 Å². The lowest BCUT2D eigenvalue weighted by molar-refractivity contribution is -0.384. The Bertz CT molecular complexity index is 803. The Kier molecular flexibility index (Phi) is 5.64. The Balaban J connectivity index is 2.10. The molecular weight excluding hydrogens is 378 g/mol. The highest BCUT2D eigenvalue weighted by Gasteiger charge is 2.09. The zero-order chi connectivity index (χ0) is 17.7. The fourth-order valence-corrected chi connectivity index (χ4v) is 2.44. The molecule has 0 bridgehead atoms. The molecule has 0 heterocycles. The number of amides is 1. The summed E-state index contributed by atoms with van der Waals surface area (Å²) in [6.45, 7) is 1.70. The average molecular weight is 392 g/mol. The molecule has 1 N–H and O–H groups in total. The third-order valence-corrected chi connectivity index (χ3v) is 3.85. The molecular formula is C16H14BrN3O4. The largest absolute Gasteiger partial charge is 0.496 e. The molecule has 0 saturated heterocycles. The van der Waals surface area contributed by atoms with E-state index >= 15 is 0 Å². The van der Waals surface area contributed by atoms with Gasteiger partial charge < -0.3 is 4.74 Å². The smallest absolute Gasteiger partial charge is 0.271 e. The van der Waals surface area contributed by atoms with Gasteiger partial charge in [0.2, 0.25) is 0 Å². The Morgan fingerprint density at radius 2 is 1.83 bits per heavy atom. The van der Waals surface area contributed by atoms with Crippen LogP contribution in [0.2, 0.25) is 0 Å². The quantitative estimate of drug-likeness (QED) is 0.479. The van der Waals surface area contributed by atoms with Gasteiger partial charge in [0.05, 0.1) is 22.2 Å². The first-order valence-electron chi connectivity index (χ1n) is 6.85. The summed E-state index contributed by atoms with van der Waals surface area (Å²) < 4.78 is 5.77. The highest BCUT2D eigenvalue weighted by atomic mass is 79.9. The van der Waals surface area contributed by atoms with E-state index in [9.17, 15) is 14.9 Å². The van der Waals surface area contributed by atoms with Crippen molar-refractivity contribution in [3.05, 3.63) is 68.2 Å². The van der Waals surface area contributed by atoms with Gasteiger partial charge in [-0.05, 0) is 58.7 Å². The third-order valence-electron chi connectivity index (χ3n) is 3.24. The van der Waals surface area contributed by atoms with Gasteiger partial charge in [-0.1, -0.05) is 0 Å². The molecule has 2 aromatic rings. The number of benzene rings is 2. The molecule has 0 spiro atoms. The predicted octanol–water partition coefficient (Wildman–Crippen LogP) is 3.52. The number of ether oxygens (including phenoxy) is 1. The number of methoxy groups -OCH3 is 1. The molecule has 0 aliphatic heterocycles. The molecule has 0 saturated carbocycles. The average Bonchev–Trinajstić information content (AvgIpc) is 2.59. The summed E-state index contributed by atoms with van der Waals surface area (Å²) in [6.07, 6.45) is 0. The minimum Gasteiger partial charge on any atom is -0.496 e. The zero-order valence-electron chi connectivity index (χ0n) is 12.9. The summed E-state index contributed by atoms with van der Waals surface area (Å²) in [4.78, 5) is 22.3. The maximum atomic E-state index is 12.1. The number of carbonyl (C=O) groups is 1. The van der Waals surface area contributed by atoms with Crippen LogP contribution in [0, 0.1) is 10.1 Å². The van der Waals surface area contributed by atoms with Crippen molar-refractivity contribution in [3.8, 4) is 5.75 Å². The fraction of sp³-hybridized carbons (Fsp3) is 0.125. The summed E-state index contributed by atoms with van der Waals surface area (Å²) in [5.41, 5.74) is 4.08. The molecule has 0 unspecified atom stereocenters. The van der Waals surface area contributed by atoms with E-state index in [-0.39, 0.29) is 11.6 Å². The lowest BCUT2D eigenvalue weighted by atomic mass is 10.1. The number of nitro benzene ring substituents is 1. The van der Waals surface area contributed by atoms with E-state index in [1.165, 1.54) is 19.2 Å². The van der Waals surface area contributed by atoms with Crippen molar-refractivity contribution in [2.75, 3.05) is 7.11 Å². The molecule has 7 nitrogen and oxygen atoms in total. The number of halogens is 1. The van der Waals surface area contributed by atoms with Crippen molar-refractivity contribution in [2.24, 2.45) is 5.10 Å². The van der Waals surface area contributed by atoms with Crippen molar-refractivity contribution in [2.45, 2.75) is 6.92 Å². The number of hydrazone groups is 1. The first-order valence-corrected chi connectivity index (χ1v) is 7.64. The lowest BCUT2D eigenvalue weighted by Gasteiger charge is -2.06. The number of nitrogens with zero attached hydrogens (tertiary/aromatic N) is 2. The van der Waals surface area contributed by atoms with E-state index in [4.69, 9.17) is 4.74 Å². The van der Waals surface area contributed by atoms with Gasteiger partial charge in [-0.15, -0.1) is 0 Å². The molecule has 8 heteroatoms. The van der Waals surface area contributed by atoms with Gasteiger partial charge >= 0.3 is 0 Å². The molecule has 0 atom stereocenters. The SMILES string of the molecule is COc1ccc(C(=O)N/N=C(\C)c2ccc([N+](=O)[O-])cc2)cc1Br. The summed E-state index contributed by atoms with van der Waals surface area (Å²) in [7, 11) is 1.54. The van der Waals surface area contributed by atoms with Crippen LogP contribution in [0.5, 0.6) is 5.75 Å². The van der Waals surface area contributed by atoms with Crippen molar-refractivity contribution >= 4 is 33.2 Å². The van der Waals surface area contributed by atoms with Crippen LogP contribution >= 0.6 is 15.9 Å². The normalized spacial score (nSPS) is 11.0. The fourth-order valence-electron chi connectivity index (χ4n) is 1.90. The summed E-state index contributed by atoms with van der Waals surface area (Å²) >= 11 is 3.31. The maximum absolute atomic E-state index is 12.1. The van der Waals surface area contributed by atoms with Gasteiger partial charge in [-0.2, -0.15) is 5.10 Å². The Hall–Kier alpha value is -2.74. The molecule has 2 rings (SSSR count). The maximum Gasteiger partial charge on any atom is 0.271 e. The molecule has 0 aromatic heterocycles. The minimum atomic E-state index is -0.473. The Morgan fingerprint density at radius 1 is 1.21 bits per heavy atom. The number of hydrogen-bond donors (Lipinski definition) is 1. The van der Waals surface area contributed by atoms with Crippen molar-refractivity contribution in [1.29, 1.82) is 0 Å². The predicted molar refractivity (Wildman–Crippen MR) is 93.5 cm³/mol. The summed E-state index contributed by atoms with van der Waals surface area (Å²) in [6, 6.07) is 10.8. The number of carbonyl (C=O) groups excluding carboxylic acids is 1. The van der Waals surface area contributed by atoms with Crippen LogP contribution in [0.15, 0.2) is 52.0 Å². The Labute approximate surface area is 146 Å². The molecule has 0 fully saturated rings. The molecule has 24 heavy (non-hydrogen) atoms. The number of rotatable bonds is 5. The van der Waals surface area contributed by atoms with Gasteiger partial charge in [0.1, 0.15) is 5.75 Å². The third kappa shape index (κ3) is 4.17. The van der Waals surface area contributed by atoms with E-state index < -0.39 is 4.92 Å². The molecule has 124 valence electrons. The van der Waals surface area contributed by atoms with Crippen LogP contribution in [-0.4, -0.2) is 23.7 Å². The minimum absolute atomic E-state index is 0.00123. The van der Waals surface area contributed by atoms with Gasteiger partial charge in [-0.3, -0.25) is 14.9 Å². The number of nitrogens with one attached hydrogen (secondary N) is 1. The highest BCUT2D eigenvalue weighted by molar-refractivity contribution is 9.10. The van der Waals surface area contributed by atoms with Gasteiger partial charge in [0.25, 0.3) is 11.6 Å². The van der Waals surface area contributed by atoms with E-state index in [1.807, 2.05) is 0 Å². The molecule has 1 amide bonds. The summed E-state index contributed by atoms with van der Waals surface area (Å²) in [5.74, 6) is 0.247. The van der Waals surface area contributed by atoms with Crippen LogP contribution < -0.4 is 10.2 Å². The van der Waals surface area contributed by atoms with E-state index in [2.05, 4.69) is 26.5 Å². The van der Waals surface area contributed by atoms with Gasteiger partial charge in [-0.25, -0.2) is 5.43 Å². The van der Waals surface area contributed by atoms with Crippen LogP contribution in [0.25, 0.3) is 0 Å². The monoisotopic (exact) mass is 391 g/mol. The second kappa shape index (κ2) is 7.69. The Morgan fingerprint density at radius 3 is 2.38 bits per heavy atom. The van der Waals surface area contributed by atoms with E-state index in [0.29, 0.717) is 27.1 Å². The molecule has 0 radical (unpaired) electrons. The van der Waals surface area contributed by atoms with E-state index in [0.717, 1.165) is 0 Å². The number of hydrogen-bond acceptors (Lipinski definition) is 5. The van der Waals surface area contributed by atoms with Crippen LogP contribution in [0.4, 0.5) is 5.69 Å². The highest BCUT2D eigenvalue weighted by Crippen LogP contribution is 2.25. The zero-order valence-corrected chi connectivity index (χ0v) is 14.5. The first kappa shape index (κ1) is 17.6. The van der Waals surface area contributed by atoms with E-state index in [1.54, 1.807) is 37.3 Å². The van der Waals surface area contributed by atoms with Crippen LogP contribution in [0.3, 0.4) is 0 Å². The number of non-ortho nitro benzene ring substituents is 1. The standard InChI is InChI=1S/C16H14BrN3O4/c1-10(11-3-6-13(7-4-11)20(22)23)18-19-16(21)12-5-8-15(24-2)14(17)9-12/h3-9H,1-2H3,(H,19,21)/b18-10+. The van der Waals surface area contributed by atoms with Crippen LogP contribution in [-0.2, 0) is 0 Å². The first-order chi connectivity index (χ1) is 11.4. The number of nitro groups is 1. The van der Waals surface area contributed by atoms with Crippen molar-refractivity contribution < 1.29 is 14.5 Å². The molecule has 2 aromatic carbocycles. The summed E-state index contributed by atoms with van der Waals surface area (Å²) in [5, 5.41) is 14.7. The van der Waals surface area contributed by atoms with Gasteiger partial charge in [0.15, 0.2) is 0 Å². The van der Waals surface area contributed by atoms with Crippen molar-refractivity contribution in [1.82, 2.24) is 5.43 Å². The van der Waals surface area contributed by atoms with Gasteiger partial charge in [0, 0.05) is 17.7 Å². The topological polar surface area (TPSA) is 93.8 Å². The molecule has 0 aliphatic rings. The molecule has 0 aliphatic carbocycles. The second-order valence-electron chi connectivity index (χ2n) is 4.79.